The van der Waals surface area contributed by atoms with Crippen LogP contribution in [-0.2, 0) is 17.9 Å². The van der Waals surface area contributed by atoms with Crippen molar-refractivity contribution in [1.29, 1.82) is 0 Å². The van der Waals surface area contributed by atoms with Crippen molar-refractivity contribution in [3.05, 3.63) is 35.4 Å². The molecule has 0 radical (unpaired) electrons. The van der Waals surface area contributed by atoms with Crippen molar-refractivity contribution in [2.45, 2.75) is 52.7 Å². The summed E-state index contributed by atoms with van der Waals surface area (Å²) in [7, 11) is 0. The Kier molecular flexibility index (Phi) is 6.44. The zero-order valence-electron chi connectivity index (χ0n) is 14.4. The number of amides is 1. The van der Waals surface area contributed by atoms with Crippen LogP contribution in [0, 0.1) is 0 Å². The van der Waals surface area contributed by atoms with E-state index >= 15 is 0 Å². The number of hydrogen-bond acceptors (Lipinski definition) is 2. The Balaban J connectivity index is 1.75. The highest BCUT2D eigenvalue weighted by molar-refractivity contribution is 5.80. The van der Waals surface area contributed by atoms with Crippen molar-refractivity contribution in [2.75, 3.05) is 13.1 Å². The van der Waals surface area contributed by atoms with Gasteiger partial charge in [-0.25, -0.2) is 0 Å². The molecule has 1 amide bonds. The molecule has 5 heteroatoms. The summed E-state index contributed by atoms with van der Waals surface area (Å²) in [5.41, 5.74) is 2.55. The van der Waals surface area contributed by atoms with Gasteiger partial charge in [0.25, 0.3) is 0 Å². The first kappa shape index (κ1) is 17.3. The highest BCUT2D eigenvalue weighted by atomic mass is 16.2. The van der Waals surface area contributed by atoms with Gasteiger partial charge in [-0.3, -0.25) is 9.79 Å². The predicted molar refractivity (Wildman–Crippen MR) is 94.2 cm³/mol. The minimum Gasteiger partial charge on any atom is -0.357 e. The molecule has 1 aromatic carbocycles. The van der Waals surface area contributed by atoms with Gasteiger partial charge in [0.15, 0.2) is 5.96 Å². The average Bonchev–Trinajstić information content (AvgIpc) is 2.95. The number of carbonyl (C=O) groups is 1. The molecule has 0 saturated heterocycles. The van der Waals surface area contributed by atoms with Gasteiger partial charge in [-0.15, -0.1) is 0 Å². The first-order valence-corrected chi connectivity index (χ1v) is 8.49. The number of hydrogen-bond donors (Lipinski definition) is 2. The van der Waals surface area contributed by atoms with Crippen LogP contribution in [0.5, 0.6) is 0 Å². The number of nitrogens with one attached hydrogen (secondary N) is 2. The topological polar surface area (TPSA) is 56.7 Å². The second-order valence-electron chi connectivity index (χ2n) is 6.18. The summed E-state index contributed by atoms with van der Waals surface area (Å²) in [6, 6.07) is 8.62. The minimum atomic E-state index is 0.221. The molecule has 0 saturated carbocycles. The molecule has 0 unspecified atom stereocenters. The van der Waals surface area contributed by atoms with Crippen LogP contribution in [0.25, 0.3) is 0 Å². The Labute approximate surface area is 139 Å². The van der Waals surface area contributed by atoms with Crippen LogP contribution in [0.15, 0.2) is 29.3 Å². The maximum atomic E-state index is 12.3. The van der Waals surface area contributed by atoms with E-state index in [1.54, 1.807) is 0 Å². The monoisotopic (exact) mass is 316 g/mol. The summed E-state index contributed by atoms with van der Waals surface area (Å²) in [4.78, 5) is 18.8. The lowest BCUT2D eigenvalue weighted by atomic mass is 10.1. The summed E-state index contributed by atoms with van der Waals surface area (Å²) < 4.78 is 0. The van der Waals surface area contributed by atoms with E-state index in [4.69, 9.17) is 0 Å². The third-order valence-electron chi connectivity index (χ3n) is 3.78. The molecular formula is C18H28N4O. The van der Waals surface area contributed by atoms with Gasteiger partial charge in [-0.05, 0) is 38.3 Å². The van der Waals surface area contributed by atoms with E-state index in [1.807, 2.05) is 24.0 Å². The Bertz CT molecular complexity index is 529. The summed E-state index contributed by atoms with van der Waals surface area (Å²) in [5, 5.41) is 6.49. The zero-order valence-corrected chi connectivity index (χ0v) is 14.4. The largest absolute Gasteiger partial charge is 0.357 e. The van der Waals surface area contributed by atoms with Gasteiger partial charge in [0.05, 0.1) is 0 Å². The maximum Gasteiger partial charge on any atom is 0.223 e. The number of aliphatic imine (C=N–C) groups is 1. The number of nitrogens with zero attached hydrogens (tertiary/aromatic N) is 2. The van der Waals surface area contributed by atoms with Gasteiger partial charge in [0, 0.05) is 38.6 Å². The molecule has 126 valence electrons. The van der Waals surface area contributed by atoms with E-state index in [2.05, 4.69) is 41.6 Å². The van der Waals surface area contributed by atoms with Crippen LogP contribution in [0.4, 0.5) is 0 Å². The number of benzene rings is 1. The van der Waals surface area contributed by atoms with Crippen LogP contribution < -0.4 is 10.6 Å². The van der Waals surface area contributed by atoms with Crippen molar-refractivity contribution >= 4 is 11.9 Å². The summed E-state index contributed by atoms with van der Waals surface area (Å²) in [6.07, 6.45) is 1.33. The normalized spacial score (nSPS) is 14.1. The fourth-order valence-electron chi connectivity index (χ4n) is 2.68. The Morgan fingerprint density at radius 3 is 2.48 bits per heavy atom. The lowest BCUT2D eigenvalue weighted by Crippen LogP contribution is -2.41. The van der Waals surface area contributed by atoms with Gasteiger partial charge in [-0.2, -0.15) is 0 Å². The van der Waals surface area contributed by atoms with Crippen molar-refractivity contribution in [2.24, 2.45) is 4.99 Å². The van der Waals surface area contributed by atoms with Gasteiger partial charge >= 0.3 is 0 Å². The molecule has 2 rings (SSSR count). The van der Waals surface area contributed by atoms with Crippen molar-refractivity contribution in [3.8, 4) is 0 Å². The molecule has 1 heterocycles. The SMILES string of the molecule is CCNC(=NCCCC(=O)N1Cc2ccccc2C1)NC(C)C. The molecule has 0 atom stereocenters. The van der Waals surface area contributed by atoms with Gasteiger partial charge < -0.3 is 15.5 Å². The Hall–Kier alpha value is -2.04. The average molecular weight is 316 g/mol. The van der Waals surface area contributed by atoms with Crippen LogP contribution >= 0.6 is 0 Å². The smallest absolute Gasteiger partial charge is 0.223 e. The van der Waals surface area contributed by atoms with Gasteiger partial charge in [0.2, 0.25) is 5.91 Å². The standard InChI is InChI=1S/C18H28N4O/c1-4-19-18(21-14(2)3)20-11-7-10-17(23)22-12-15-8-5-6-9-16(15)13-22/h5-6,8-9,14H,4,7,10-13H2,1-3H3,(H2,19,20,21). The minimum absolute atomic E-state index is 0.221. The fourth-order valence-corrected chi connectivity index (χ4v) is 2.68. The molecule has 1 aliphatic heterocycles. The molecule has 0 spiro atoms. The van der Waals surface area contributed by atoms with Crippen molar-refractivity contribution < 1.29 is 4.79 Å². The molecule has 1 aromatic rings. The Morgan fingerprint density at radius 2 is 1.91 bits per heavy atom. The molecule has 2 N–H and O–H groups in total. The third kappa shape index (κ3) is 5.27. The number of rotatable bonds is 6. The van der Waals surface area contributed by atoms with E-state index in [-0.39, 0.29) is 5.91 Å². The predicted octanol–water partition coefficient (Wildman–Crippen LogP) is 2.27. The quantitative estimate of drug-likeness (QED) is 0.481. The third-order valence-corrected chi connectivity index (χ3v) is 3.78. The van der Waals surface area contributed by atoms with Crippen LogP contribution in [0.1, 0.15) is 44.7 Å². The van der Waals surface area contributed by atoms with Crippen molar-refractivity contribution in [3.63, 3.8) is 0 Å². The van der Waals surface area contributed by atoms with E-state index < -0.39 is 0 Å². The zero-order chi connectivity index (χ0) is 16.7. The molecule has 1 aliphatic rings. The van der Waals surface area contributed by atoms with Gasteiger partial charge in [-0.1, -0.05) is 24.3 Å². The number of guanidine groups is 1. The first-order valence-electron chi connectivity index (χ1n) is 8.49. The van der Waals surface area contributed by atoms with E-state index in [0.29, 0.717) is 19.0 Å². The second-order valence-corrected chi connectivity index (χ2v) is 6.18. The van der Waals surface area contributed by atoms with E-state index in [1.165, 1.54) is 11.1 Å². The number of carbonyl (C=O) groups excluding carboxylic acids is 1. The van der Waals surface area contributed by atoms with E-state index in [0.717, 1.165) is 32.0 Å². The van der Waals surface area contributed by atoms with Crippen LogP contribution in [0.2, 0.25) is 0 Å². The lowest BCUT2D eigenvalue weighted by molar-refractivity contribution is -0.131. The van der Waals surface area contributed by atoms with Crippen LogP contribution in [0.3, 0.4) is 0 Å². The van der Waals surface area contributed by atoms with E-state index in [9.17, 15) is 4.79 Å². The summed E-state index contributed by atoms with van der Waals surface area (Å²) in [6.45, 7) is 9.21. The van der Waals surface area contributed by atoms with Crippen LogP contribution in [-0.4, -0.2) is 35.9 Å². The van der Waals surface area contributed by atoms with Crippen molar-refractivity contribution in [1.82, 2.24) is 15.5 Å². The molecule has 0 aromatic heterocycles. The second kappa shape index (κ2) is 8.56. The summed E-state index contributed by atoms with van der Waals surface area (Å²) >= 11 is 0. The lowest BCUT2D eigenvalue weighted by Gasteiger charge is -2.15. The Morgan fingerprint density at radius 1 is 1.26 bits per heavy atom. The first-order chi connectivity index (χ1) is 11.1. The maximum absolute atomic E-state index is 12.3. The molecular weight excluding hydrogens is 288 g/mol. The molecule has 5 nitrogen and oxygen atoms in total. The number of fused-ring (bicyclic) bond motifs is 1. The molecule has 0 fully saturated rings. The molecule has 23 heavy (non-hydrogen) atoms. The summed E-state index contributed by atoms with van der Waals surface area (Å²) in [5.74, 6) is 1.04. The highest BCUT2D eigenvalue weighted by Crippen LogP contribution is 2.22. The molecule has 0 bridgehead atoms. The van der Waals surface area contributed by atoms with Gasteiger partial charge in [0.1, 0.15) is 0 Å². The highest BCUT2D eigenvalue weighted by Gasteiger charge is 2.22. The molecule has 0 aliphatic carbocycles. The fraction of sp³-hybridized carbons (Fsp3) is 0.556.